The minimum absolute atomic E-state index is 0.106. The molecule has 2 aliphatic rings. The van der Waals surface area contributed by atoms with Crippen LogP contribution in [0.4, 0.5) is 5.95 Å². The number of rotatable bonds is 11. The lowest BCUT2D eigenvalue weighted by Gasteiger charge is -2.49. The number of nitrogens with one attached hydrogen (secondary N) is 1. The molecule has 0 saturated carbocycles. The Bertz CT molecular complexity index is 1220. The van der Waals surface area contributed by atoms with Crippen LogP contribution in [-0.2, 0) is 27.5 Å². The van der Waals surface area contributed by atoms with Gasteiger partial charge in [-0.3, -0.25) is 19.5 Å². The van der Waals surface area contributed by atoms with E-state index in [9.17, 15) is 14.4 Å². The van der Waals surface area contributed by atoms with Crippen molar-refractivity contribution in [1.29, 1.82) is 0 Å². The highest BCUT2D eigenvalue weighted by atomic mass is 16.4. The number of piperidine rings is 1. The van der Waals surface area contributed by atoms with Crippen molar-refractivity contribution < 1.29 is 34.8 Å². The summed E-state index contributed by atoms with van der Waals surface area (Å²) in [6.07, 6.45) is 8.12. The Morgan fingerprint density at radius 2 is 1.49 bits per heavy atom. The highest BCUT2D eigenvalue weighted by molar-refractivity contribution is 5.88. The molecule has 43 heavy (non-hydrogen) atoms. The second-order valence-electron chi connectivity index (χ2n) is 12.7. The highest BCUT2D eigenvalue weighted by Crippen LogP contribution is 2.33. The number of hydrogen-bond donors (Lipinski definition) is 5. The maximum absolute atomic E-state index is 10.3. The first-order valence-electron chi connectivity index (χ1n) is 14.5. The number of pyridine rings is 1. The average molecular weight is 601 g/mol. The molecule has 4 rings (SSSR count). The van der Waals surface area contributed by atoms with Crippen molar-refractivity contribution in [1.82, 2.24) is 25.2 Å². The molecule has 2 fully saturated rings. The molecule has 2 aromatic heterocycles. The Balaban J connectivity index is 0.000000331. The van der Waals surface area contributed by atoms with Gasteiger partial charge in [-0.05, 0) is 77.1 Å². The van der Waals surface area contributed by atoms with Crippen molar-refractivity contribution in [3.8, 4) is 0 Å². The second-order valence-corrected chi connectivity index (χ2v) is 12.7. The largest absolute Gasteiger partial charge is 0.481 e. The molecule has 5 N–H and O–H groups in total. The summed E-state index contributed by atoms with van der Waals surface area (Å²) in [7, 11) is 0. The van der Waals surface area contributed by atoms with E-state index in [1.165, 1.54) is 18.4 Å². The van der Waals surface area contributed by atoms with Gasteiger partial charge in [0.1, 0.15) is 0 Å². The zero-order valence-corrected chi connectivity index (χ0v) is 25.4. The molecule has 0 bridgehead atoms. The summed E-state index contributed by atoms with van der Waals surface area (Å²) in [6.45, 7) is 13.2. The SMILES string of the molecule is CC1(C)CC(N(Cc2ccncc2)Cc2ccnc(N3CCCC3)n2)CC(C)(C)N1.O=C(O)CC(O)(CC(=O)O)C(=O)O. The van der Waals surface area contributed by atoms with Crippen LogP contribution in [0.3, 0.4) is 0 Å². The van der Waals surface area contributed by atoms with E-state index < -0.39 is 36.4 Å². The predicted octanol–water partition coefficient (Wildman–Crippen LogP) is 2.53. The number of aliphatic hydroxyl groups is 1. The third kappa shape index (κ3) is 10.5. The Morgan fingerprint density at radius 3 is 2.00 bits per heavy atom. The molecule has 0 atom stereocenters. The van der Waals surface area contributed by atoms with Gasteiger partial charge in [-0.1, -0.05) is 0 Å². The third-order valence-electron chi connectivity index (χ3n) is 7.56. The first-order chi connectivity index (χ1) is 20.1. The van der Waals surface area contributed by atoms with Gasteiger partial charge in [0.15, 0.2) is 5.60 Å². The van der Waals surface area contributed by atoms with Gasteiger partial charge in [0.25, 0.3) is 0 Å². The van der Waals surface area contributed by atoms with Crippen LogP contribution in [0.1, 0.15) is 77.5 Å². The van der Waals surface area contributed by atoms with E-state index in [-0.39, 0.29) is 11.1 Å². The Labute approximate surface area is 252 Å². The fourth-order valence-electron chi connectivity index (χ4n) is 6.03. The number of carbonyl (C=O) groups is 3. The summed E-state index contributed by atoms with van der Waals surface area (Å²) in [5.41, 5.74) is -0.120. The van der Waals surface area contributed by atoms with Crippen molar-refractivity contribution in [3.05, 3.63) is 48.0 Å². The smallest absolute Gasteiger partial charge is 0.336 e. The maximum atomic E-state index is 10.3. The van der Waals surface area contributed by atoms with Crippen LogP contribution in [0, 0.1) is 0 Å². The Kier molecular flexibility index (Phi) is 11.2. The molecule has 2 aromatic rings. The third-order valence-corrected chi connectivity index (χ3v) is 7.56. The van der Waals surface area contributed by atoms with Crippen LogP contribution < -0.4 is 10.2 Å². The molecule has 0 aliphatic carbocycles. The van der Waals surface area contributed by atoms with Gasteiger partial charge in [-0.25, -0.2) is 14.8 Å². The summed E-state index contributed by atoms with van der Waals surface area (Å²) in [6, 6.07) is 6.81. The molecule has 0 radical (unpaired) electrons. The fraction of sp³-hybridized carbons (Fsp3) is 0.600. The number of carboxylic acids is 3. The van der Waals surface area contributed by atoms with Crippen LogP contribution in [0.15, 0.2) is 36.8 Å². The van der Waals surface area contributed by atoms with Gasteiger partial charge < -0.3 is 30.6 Å². The van der Waals surface area contributed by atoms with Crippen molar-refractivity contribution in [3.63, 3.8) is 0 Å². The van der Waals surface area contributed by atoms with Gasteiger partial charge in [0.2, 0.25) is 5.95 Å². The highest BCUT2D eigenvalue weighted by Gasteiger charge is 2.41. The summed E-state index contributed by atoms with van der Waals surface area (Å²) >= 11 is 0. The minimum atomic E-state index is -2.74. The molecule has 0 amide bonds. The first-order valence-corrected chi connectivity index (χ1v) is 14.5. The molecule has 0 spiro atoms. The lowest BCUT2D eigenvalue weighted by molar-refractivity contribution is -0.170. The topological polar surface area (TPSA) is 189 Å². The van der Waals surface area contributed by atoms with E-state index in [4.69, 9.17) is 25.4 Å². The van der Waals surface area contributed by atoms with E-state index in [0.29, 0.717) is 6.04 Å². The lowest BCUT2D eigenvalue weighted by atomic mass is 9.79. The molecular formula is C30H44N6O7. The van der Waals surface area contributed by atoms with Crippen LogP contribution in [0.25, 0.3) is 0 Å². The molecule has 13 heteroatoms. The summed E-state index contributed by atoms with van der Waals surface area (Å²) in [5, 5.41) is 37.6. The molecule has 2 saturated heterocycles. The van der Waals surface area contributed by atoms with Gasteiger partial charge in [0.05, 0.1) is 18.5 Å². The lowest BCUT2D eigenvalue weighted by Crippen LogP contribution is -2.62. The van der Waals surface area contributed by atoms with Crippen molar-refractivity contribution in [2.75, 3.05) is 18.0 Å². The Hall–Kier alpha value is -3.68. The van der Waals surface area contributed by atoms with Crippen molar-refractivity contribution >= 4 is 23.9 Å². The van der Waals surface area contributed by atoms with Gasteiger partial charge >= 0.3 is 17.9 Å². The van der Waals surface area contributed by atoms with E-state index in [1.807, 2.05) is 18.6 Å². The van der Waals surface area contributed by atoms with E-state index in [1.54, 1.807) is 0 Å². The van der Waals surface area contributed by atoms with Crippen LogP contribution >= 0.6 is 0 Å². The molecule has 0 aromatic carbocycles. The maximum Gasteiger partial charge on any atom is 0.336 e. The fourth-order valence-corrected chi connectivity index (χ4v) is 6.03. The molecule has 13 nitrogen and oxygen atoms in total. The number of aliphatic carboxylic acids is 3. The van der Waals surface area contributed by atoms with Crippen LogP contribution in [0.5, 0.6) is 0 Å². The quantitative estimate of drug-likeness (QED) is 0.253. The average Bonchev–Trinajstić information content (AvgIpc) is 3.42. The van der Waals surface area contributed by atoms with Crippen molar-refractivity contribution in [2.45, 2.75) is 102 Å². The van der Waals surface area contributed by atoms with E-state index in [2.05, 4.69) is 71.0 Å². The standard InChI is InChI=1S/C24H36N6.C6H8O7/c1-23(2)15-21(16-24(3,4)28-23)30(17-19-7-10-25-11-8-19)18-20-9-12-26-22(27-20)29-13-5-6-14-29;7-3(8)1-6(13,5(11)12)2-4(9)10/h7-12,21,28H,5-6,13-18H2,1-4H3;13H,1-2H2,(H,7,8)(H,9,10)(H,11,12). The van der Waals surface area contributed by atoms with Crippen molar-refractivity contribution in [2.24, 2.45) is 0 Å². The Morgan fingerprint density at radius 1 is 0.930 bits per heavy atom. The van der Waals surface area contributed by atoms with Crippen LogP contribution in [0.2, 0.25) is 0 Å². The number of nitrogens with zero attached hydrogens (tertiary/aromatic N) is 5. The normalized spacial score (nSPS) is 18.1. The van der Waals surface area contributed by atoms with Crippen LogP contribution in [-0.4, -0.2) is 94.0 Å². The number of aromatic nitrogens is 3. The summed E-state index contributed by atoms with van der Waals surface area (Å²) < 4.78 is 0. The van der Waals surface area contributed by atoms with E-state index in [0.717, 1.165) is 50.7 Å². The zero-order chi connectivity index (χ0) is 31.8. The summed E-state index contributed by atoms with van der Waals surface area (Å²) in [4.78, 5) is 49.1. The molecule has 0 unspecified atom stereocenters. The zero-order valence-electron chi connectivity index (χ0n) is 25.4. The molecule has 236 valence electrons. The van der Waals surface area contributed by atoms with E-state index >= 15 is 0 Å². The number of anilines is 1. The van der Waals surface area contributed by atoms with Gasteiger partial charge in [0, 0.05) is 61.9 Å². The monoisotopic (exact) mass is 600 g/mol. The molecular weight excluding hydrogens is 556 g/mol. The van der Waals surface area contributed by atoms with Gasteiger partial charge in [-0.2, -0.15) is 0 Å². The molecule has 2 aliphatic heterocycles. The second kappa shape index (κ2) is 14.2. The number of hydrogen-bond acceptors (Lipinski definition) is 10. The minimum Gasteiger partial charge on any atom is -0.481 e. The summed E-state index contributed by atoms with van der Waals surface area (Å²) in [5.74, 6) is -4.13. The predicted molar refractivity (Wildman–Crippen MR) is 158 cm³/mol. The number of carboxylic acid groups (broad SMARTS) is 3. The van der Waals surface area contributed by atoms with Gasteiger partial charge in [-0.15, -0.1) is 0 Å². The molecule has 4 heterocycles. The first kappa shape index (κ1) is 33.8.